The molecule has 28 heavy (non-hydrogen) atoms. The molecule has 1 saturated heterocycles. The van der Waals surface area contributed by atoms with Gasteiger partial charge in [0.15, 0.2) is 0 Å². The molecule has 1 amide bonds. The minimum atomic E-state index is -0.0766. The van der Waals surface area contributed by atoms with Crippen molar-refractivity contribution in [2.24, 2.45) is 0 Å². The molecule has 1 aliphatic rings. The fraction of sp³-hybridized carbons (Fsp3) is 0.640. The Balaban J connectivity index is 2.38. The largest absolute Gasteiger partial charge is 0.368 e. The Morgan fingerprint density at radius 2 is 1.64 bits per heavy atom. The van der Waals surface area contributed by atoms with E-state index in [1.54, 1.807) is 0 Å². The number of ether oxygens (including phenoxy) is 1. The fourth-order valence-electron chi connectivity index (χ4n) is 4.19. The predicted octanol–water partition coefficient (Wildman–Crippen LogP) is 6.36. The molecule has 1 aromatic carbocycles. The zero-order chi connectivity index (χ0) is 21.0. The van der Waals surface area contributed by atoms with Crippen molar-refractivity contribution in [2.75, 3.05) is 0 Å². The maximum absolute atomic E-state index is 12.0. The van der Waals surface area contributed by atoms with Gasteiger partial charge in [0.2, 0.25) is 5.91 Å². The van der Waals surface area contributed by atoms with Crippen LogP contribution in [0, 0.1) is 0 Å². The first kappa shape index (κ1) is 22.7. The Morgan fingerprint density at radius 1 is 1.07 bits per heavy atom. The Hall–Kier alpha value is -1.61. The minimum absolute atomic E-state index is 0.0417. The third-order valence-corrected chi connectivity index (χ3v) is 5.83. The standard InChI is InChI=1S/C25H39NO2/c1-9-10-11-22-23(14-24(27)26-22)28-18(8)25-20(16(4)5)12-19(15(2)3)13-21(25)17(6)7/h9,12-13,15-18,22-23H,1,10-11,14H2,2-8H3,(H,26,27)/t18-,22+,23+/m1/s1. The molecule has 2 rings (SSSR count). The average molecular weight is 386 g/mol. The van der Waals surface area contributed by atoms with Crippen LogP contribution in [-0.2, 0) is 9.53 Å². The molecule has 1 fully saturated rings. The van der Waals surface area contributed by atoms with Gasteiger partial charge in [-0.15, -0.1) is 6.58 Å². The van der Waals surface area contributed by atoms with E-state index in [0.29, 0.717) is 24.2 Å². The van der Waals surface area contributed by atoms with E-state index in [1.165, 1.54) is 22.3 Å². The summed E-state index contributed by atoms with van der Waals surface area (Å²) >= 11 is 0. The van der Waals surface area contributed by atoms with Gasteiger partial charge in [-0.1, -0.05) is 59.8 Å². The van der Waals surface area contributed by atoms with Crippen LogP contribution in [-0.4, -0.2) is 18.1 Å². The van der Waals surface area contributed by atoms with E-state index in [-0.39, 0.29) is 24.2 Å². The van der Waals surface area contributed by atoms with Gasteiger partial charge in [0.1, 0.15) is 0 Å². The summed E-state index contributed by atoms with van der Waals surface area (Å²) in [6.45, 7) is 19.5. The molecule has 3 heteroatoms. The van der Waals surface area contributed by atoms with Crippen LogP contribution in [0.2, 0.25) is 0 Å². The average Bonchev–Trinajstić information content (AvgIpc) is 2.97. The third kappa shape index (κ3) is 5.26. The van der Waals surface area contributed by atoms with E-state index >= 15 is 0 Å². The molecule has 0 aliphatic carbocycles. The zero-order valence-electron chi connectivity index (χ0n) is 18.8. The minimum Gasteiger partial charge on any atom is -0.368 e. The van der Waals surface area contributed by atoms with Gasteiger partial charge in [0.05, 0.1) is 24.7 Å². The molecule has 0 saturated carbocycles. The number of carbonyl (C=O) groups excluding carboxylic acids is 1. The van der Waals surface area contributed by atoms with E-state index in [4.69, 9.17) is 4.74 Å². The van der Waals surface area contributed by atoms with Gasteiger partial charge in [-0.3, -0.25) is 4.79 Å². The molecular formula is C25H39NO2. The van der Waals surface area contributed by atoms with Crippen molar-refractivity contribution in [3.63, 3.8) is 0 Å². The fourth-order valence-corrected chi connectivity index (χ4v) is 4.19. The third-order valence-electron chi connectivity index (χ3n) is 5.83. The summed E-state index contributed by atoms with van der Waals surface area (Å²) < 4.78 is 6.54. The lowest BCUT2D eigenvalue weighted by Gasteiger charge is -2.29. The quantitative estimate of drug-likeness (QED) is 0.502. The molecule has 0 bridgehead atoms. The van der Waals surface area contributed by atoms with Gasteiger partial charge in [-0.05, 0) is 59.8 Å². The molecule has 1 N–H and O–H groups in total. The maximum atomic E-state index is 12.0. The zero-order valence-corrected chi connectivity index (χ0v) is 18.8. The van der Waals surface area contributed by atoms with Crippen LogP contribution in [0.5, 0.6) is 0 Å². The number of nitrogens with one attached hydrogen (secondary N) is 1. The summed E-state index contributed by atoms with van der Waals surface area (Å²) in [5.74, 6) is 1.45. The summed E-state index contributed by atoms with van der Waals surface area (Å²) in [6, 6.07) is 4.81. The van der Waals surface area contributed by atoms with E-state index in [1.807, 2.05) is 6.08 Å². The second-order valence-electron chi connectivity index (χ2n) is 9.14. The van der Waals surface area contributed by atoms with Crippen molar-refractivity contribution in [3.05, 3.63) is 47.0 Å². The van der Waals surface area contributed by atoms with E-state index in [9.17, 15) is 4.79 Å². The molecule has 1 aliphatic heterocycles. The lowest BCUT2D eigenvalue weighted by molar-refractivity contribution is -0.120. The van der Waals surface area contributed by atoms with Gasteiger partial charge >= 0.3 is 0 Å². The van der Waals surface area contributed by atoms with Gasteiger partial charge in [0.25, 0.3) is 0 Å². The van der Waals surface area contributed by atoms with Crippen molar-refractivity contribution < 1.29 is 9.53 Å². The van der Waals surface area contributed by atoms with Crippen molar-refractivity contribution in [1.82, 2.24) is 5.32 Å². The molecule has 0 aromatic heterocycles. The predicted molar refractivity (Wildman–Crippen MR) is 118 cm³/mol. The highest BCUT2D eigenvalue weighted by molar-refractivity contribution is 5.79. The monoisotopic (exact) mass is 385 g/mol. The van der Waals surface area contributed by atoms with Crippen LogP contribution >= 0.6 is 0 Å². The molecule has 3 atom stereocenters. The molecule has 0 radical (unpaired) electrons. The Morgan fingerprint density at radius 3 is 2.11 bits per heavy atom. The Labute approximate surface area is 171 Å². The highest BCUT2D eigenvalue weighted by Gasteiger charge is 2.35. The molecule has 0 spiro atoms. The van der Waals surface area contributed by atoms with Gasteiger partial charge in [-0.2, -0.15) is 0 Å². The molecule has 1 heterocycles. The number of amides is 1. The second kappa shape index (κ2) is 9.73. The van der Waals surface area contributed by atoms with Crippen LogP contribution in [0.3, 0.4) is 0 Å². The molecular weight excluding hydrogens is 346 g/mol. The lowest BCUT2D eigenvalue weighted by atomic mass is 9.82. The molecule has 156 valence electrons. The second-order valence-corrected chi connectivity index (χ2v) is 9.14. The van der Waals surface area contributed by atoms with Crippen molar-refractivity contribution in [3.8, 4) is 0 Å². The molecule has 0 unspecified atom stereocenters. The van der Waals surface area contributed by atoms with Crippen molar-refractivity contribution in [1.29, 1.82) is 0 Å². The number of carbonyl (C=O) groups is 1. The van der Waals surface area contributed by atoms with Crippen LogP contribution in [0.1, 0.15) is 114 Å². The number of hydrogen-bond acceptors (Lipinski definition) is 2. The highest BCUT2D eigenvalue weighted by Crippen LogP contribution is 2.38. The van der Waals surface area contributed by atoms with E-state index in [0.717, 1.165) is 12.8 Å². The van der Waals surface area contributed by atoms with E-state index < -0.39 is 0 Å². The van der Waals surface area contributed by atoms with Gasteiger partial charge in [-0.25, -0.2) is 0 Å². The smallest absolute Gasteiger partial charge is 0.223 e. The first-order valence-corrected chi connectivity index (χ1v) is 10.9. The van der Waals surface area contributed by atoms with Gasteiger partial charge in [0, 0.05) is 0 Å². The van der Waals surface area contributed by atoms with Crippen molar-refractivity contribution in [2.45, 2.75) is 104 Å². The van der Waals surface area contributed by atoms with Crippen LogP contribution in [0.15, 0.2) is 24.8 Å². The Bertz CT molecular complexity index is 661. The first-order valence-electron chi connectivity index (χ1n) is 10.9. The number of rotatable bonds is 9. The molecule has 3 nitrogen and oxygen atoms in total. The van der Waals surface area contributed by atoms with E-state index in [2.05, 4.69) is 72.5 Å². The Kier molecular flexibility index (Phi) is 7.88. The summed E-state index contributed by atoms with van der Waals surface area (Å²) in [6.07, 6.45) is 4.00. The summed E-state index contributed by atoms with van der Waals surface area (Å²) in [4.78, 5) is 12.0. The topological polar surface area (TPSA) is 38.3 Å². The van der Waals surface area contributed by atoms with Crippen molar-refractivity contribution >= 4 is 5.91 Å². The SMILES string of the molecule is C=CCC[C@@H]1NC(=O)C[C@@H]1O[C@H](C)c1c(C(C)C)cc(C(C)C)cc1C(C)C. The highest BCUT2D eigenvalue weighted by atomic mass is 16.5. The normalized spacial score (nSPS) is 20.9. The maximum Gasteiger partial charge on any atom is 0.223 e. The van der Waals surface area contributed by atoms with Crippen LogP contribution in [0.4, 0.5) is 0 Å². The summed E-state index contributed by atoms with van der Waals surface area (Å²) in [5.41, 5.74) is 5.46. The lowest BCUT2D eigenvalue weighted by Crippen LogP contribution is -2.33. The number of allylic oxidation sites excluding steroid dienone is 1. The summed E-state index contributed by atoms with van der Waals surface area (Å²) in [5, 5.41) is 3.08. The van der Waals surface area contributed by atoms with Crippen LogP contribution in [0.25, 0.3) is 0 Å². The summed E-state index contributed by atoms with van der Waals surface area (Å²) in [7, 11) is 0. The molecule has 1 aromatic rings. The van der Waals surface area contributed by atoms with Gasteiger partial charge < -0.3 is 10.1 Å². The first-order chi connectivity index (χ1) is 13.1. The number of benzene rings is 1. The number of hydrogen-bond donors (Lipinski definition) is 1. The van der Waals surface area contributed by atoms with Crippen LogP contribution < -0.4 is 5.32 Å².